The fraction of sp³-hybridized carbons (Fsp3) is 0.250. The Morgan fingerprint density at radius 2 is 1.87 bits per heavy atom. The van der Waals surface area contributed by atoms with Crippen LogP contribution in [0.15, 0.2) is 36.7 Å². The summed E-state index contributed by atoms with van der Waals surface area (Å²) in [4.78, 5) is 4.28. The molecule has 0 aliphatic rings. The van der Waals surface area contributed by atoms with Crippen molar-refractivity contribution in [1.29, 1.82) is 0 Å². The maximum absolute atomic E-state index is 12.8. The van der Waals surface area contributed by atoms with E-state index >= 15 is 0 Å². The van der Waals surface area contributed by atoms with Crippen LogP contribution in [0.5, 0.6) is 0 Å². The third kappa shape index (κ3) is 1.91. The lowest BCUT2D eigenvalue weighted by Gasteiger charge is -2.09. The van der Waals surface area contributed by atoms with Gasteiger partial charge in [-0.05, 0) is 24.3 Å². The summed E-state index contributed by atoms with van der Waals surface area (Å²) in [6.07, 6.45) is 3.65. The number of aromatic nitrogens is 2. The Morgan fingerprint density at radius 3 is 2.47 bits per heavy atom. The zero-order valence-corrected chi connectivity index (χ0v) is 8.81. The van der Waals surface area contributed by atoms with Crippen molar-refractivity contribution in [2.24, 2.45) is 0 Å². The van der Waals surface area contributed by atoms with E-state index < -0.39 is 0 Å². The molecule has 0 atom stereocenters. The summed E-state index contributed by atoms with van der Waals surface area (Å²) >= 11 is 0. The molecular formula is C12H13FN2. The van der Waals surface area contributed by atoms with Crippen molar-refractivity contribution in [2.45, 2.75) is 19.8 Å². The SMILES string of the molecule is CC(C)c1nccn1-c1ccc(F)cc1. The zero-order valence-electron chi connectivity index (χ0n) is 8.81. The molecule has 1 heterocycles. The highest BCUT2D eigenvalue weighted by molar-refractivity contribution is 5.33. The minimum Gasteiger partial charge on any atom is -0.304 e. The number of hydrogen-bond donors (Lipinski definition) is 0. The molecule has 0 unspecified atom stereocenters. The number of hydrogen-bond acceptors (Lipinski definition) is 1. The first-order chi connectivity index (χ1) is 7.18. The first-order valence-corrected chi connectivity index (χ1v) is 4.97. The van der Waals surface area contributed by atoms with E-state index in [-0.39, 0.29) is 5.82 Å². The highest BCUT2D eigenvalue weighted by Gasteiger charge is 2.08. The van der Waals surface area contributed by atoms with Gasteiger partial charge in [-0.15, -0.1) is 0 Å². The molecule has 78 valence electrons. The molecule has 2 nitrogen and oxygen atoms in total. The van der Waals surface area contributed by atoms with E-state index in [4.69, 9.17) is 0 Å². The van der Waals surface area contributed by atoms with Crippen LogP contribution in [0.1, 0.15) is 25.6 Å². The molecule has 0 fully saturated rings. The molecule has 2 aromatic rings. The number of imidazole rings is 1. The lowest BCUT2D eigenvalue weighted by atomic mass is 10.2. The lowest BCUT2D eigenvalue weighted by Crippen LogP contribution is -2.02. The molecule has 1 aromatic heterocycles. The predicted molar refractivity (Wildman–Crippen MR) is 57.6 cm³/mol. The third-order valence-electron chi connectivity index (χ3n) is 2.29. The summed E-state index contributed by atoms with van der Waals surface area (Å²) in [6, 6.07) is 6.42. The average molecular weight is 204 g/mol. The van der Waals surface area contributed by atoms with Crippen LogP contribution in [0.4, 0.5) is 4.39 Å². The Hall–Kier alpha value is -1.64. The van der Waals surface area contributed by atoms with Crippen LogP contribution in [-0.4, -0.2) is 9.55 Å². The van der Waals surface area contributed by atoms with Gasteiger partial charge in [0.05, 0.1) is 0 Å². The van der Waals surface area contributed by atoms with Crippen LogP contribution in [0.25, 0.3) is 5.69 Å². The summed E-state index contributed by atoms with van der Waals surface area (Å²) in [5.74, 6) is 1.12. The van der Waals surface area contributed by atoms with E-state index in [9.17, 15) is 4.39 Å². The standard InChI is InChI=1S/C12H13FN2/c1-9(2)12-14-7-8-15(12)11-5-3-10(13)4-6-11/h3-9H,1-2H3. The largest absolute Gasteiger partial charge is 0.304 e. The van der Waals surface area contributed by atoms with Gasteiger partial charge in [-0.3, -0.25) is 0 Å². The summed E-state index contributed by atoms with van der Waals surface area (Å²) < 4.78 is 14.7. The average Bonchev–Trinajstić information content (AvgIpc) is 2.67. The number of rotatable bonds is 2. The smallest absolute Gasteiger partial charge is 0.123 e. The van der Waals surface area contributed by atoms with Crippen LogP contribution in [0.3, 0.4) is 0 Å². The molecule has 0 N–H and O–H groups in total. The van der Waals surface area contributed by atoms with Crippen molar-refractivity contribution >= 4 is 0 Å². The van der Waals surface area contributed by atoms with Gasteiger partial charge < -0.3 is 4.57 Å². The summed E-state index contributed by atoms with van der Waals surface area (Å²) in [7, 11) is 0. The van der Waals surface area contributed by atoms with Gasteiger partial charge >= 0.3 is 0 Å². The zero-order chi connectivity index (χ0) is 10.8. The molecule has 0 bridgehead atoms. The van der Waals surface area contributed by atoms with Gasteiger partial charge in [-0.25, -0.2) is 9.37 Å². The van der Waals surface area contributed by atoms with E-state index in [1.54, 1.807) is 18.3 Å². The van der Waals surface area contributed by atoms with Gasteiger partial charge in [0.1, 0.15) is 11.6 Å². The normalized spacial score (nSPS) is 10.9. The quantitative estimate of drug-likeness (QED) is 0.734. The van der Waals surface area contributed by atoms with Gasteiger partial charge in [0, 0.05) is 24.0 Å². The topological polar surface area (TPSA) is 17.8 Å². The Balaban J connectivity index is 2.45. The van der Waals surface area contributed by atoms with Crippen molar-refractivity contribution in [3.05, 3.63) is 48.3 Å². The van der Waals surface area contributed by atoms with Crippen LogP contribution >= 0.6 is 0 Å². The van der Waals surface area contributed by atoms with Crippen LogP contribution in [0.2, 0.25) is 0 Å². The Bertz CT molecular complexity index is 443. The Labute approximate surface area is 88.4 Å². The van der Waals surface area contributed by atoms with Crippen LogP contribution < -0.4 is 0 Å². The number of benzene rings is 1. The molecule has 3 heteroatoms. The molecule has 0 spiro atoms. The maximum Gasteiger partial charge on any atom is 0.123 e. The molecule has 0 saturated heterocycles. The minimum absolute atomic E-state index is 0.218. The van der Waals surface area contributed by atoms with Gasteiger partial charge in [0.25, 0.3) is 0 Å². The van der Waals surface area contributed by atoms with E-state index in [1.807, 2.05) is 10.8 Å². The second-order valence-electron chi connectivity index (χ2n) is 3.79. The minimum atomic E-state index is -0.218. The molecule has 0 aliphatic heterocycles. The summed E-state index contributed by atoms with van der Waals surface area (Å²) in [5, 5.41) is 0. The first kappa shape index (κ1) is 9.90. The first-order valence-electron chi connectivity index (χ1n) is 4.97. The molecule has 15 heavy (non-hydrogen) atoms. The number of nitrogens with zero attached hydrogens (tertiary/aromatic N) is 2. The van der Waals surface area contributed by atoms with Crippen LogP contribution in [-0.2, 0) is 0 Å². The van der Waals surface area contributed by atoms with E-state index in [1.165, 1.54) is 12.1 Å². The molecule has 2 rings (SSSR count). The predicted octanol–water partition coefficient (Wildman–Crippen LogP) is 3.13. The monoisotopic (exact) mass is 204 g/mol. The second kappa shape index (κ2) is 3.85. The molecule has 0 aliphatic carbocycles. The van der Waals surface area contributed by atoms with Crippen molar-refractivity contribution in [2.75, 3.05) is 0 Å². The fourth-order valence-corrected chi connectivity index (χ4v) is 1.56. The highest BCUT2D eigenvalue weighted by atomic mass is 19.1. The van der Waals surface area contributed by atoms with Gasteiger partial charge in [0.2, 0.25) is 0 Å². The van der Waals surface area contributed by atoms with E-state index in [0.717, 1.165) is 11.5 Å². The lowest BCUT2D eigenvalue weighted by molar-refractivity contribution is 0.627. The fourth-order valence-electron chi connectivity index (χ4n) is 1.56. The van der Waals surface area contributed by atoms with Crippen molar-refractivity contribution in [3.8, 4) is 5.69 Å². The van der Waals surface area contributed by atoms with Crippen molar-refractivity contribution in [3.63, 3.8) is 0 Å². The molecule has 0 amide bonds. The van der Waals surface area contributed by atoms with E-state index in [0.29, 0.717) is 5.92 Å². The van der Waals surface area contributed by atoms with Crippen molar-refractivity contribution < 1.29 is 4.39 Å². The van der Waals surface area contributed by atoms with Gasteiger partial charge in [0.15, 0.2) is 0 Å². The maximum atomic E-state index is 12.8. The number of halogens is 1. The van der Waals surface area contributed by atoms with Crippen LogP contribution in [0, 0.1) is 5.82 Å². The summed E-state index contributed by atoms with van der Waals surface area (Å²) in [6.45, 7) is 4.17. The van der Waals surface area contributed by atoms with Crippen molar-refractivity contribution in [1.82, 2.24) is 9.55 Å². The third-order valence-corrected chi connectivity index (χ3v) is 2.29. The molecule has 0 radical (unpaired) electrons. The van der Waals surface area contributed by atoms with Gasteiger partial charge in [-0.2, -0.15) is 0 Å². The van der Waals surface area contributed by atoms with Gasteiger partial charge in [-0.1, -0.05) is 13.8 Å². The Morgan fingerprint density at radius 1 is 1.20 bits per heavy atom. The highest BCUT2D eigenvalue weighted by Crippen LogP contribution is 2.17. The Kier molecular flexibility index (Phi) is 2.54. The van der Waals surface area contributed by atoms with E-state index in [2.05, 4.69) is 18.8 Å². The molecule has 1 aromatic carbocycles. The second-order valence-corrected chi connectivity index (χ2v) is 3.79. The molecule has 0 saturated carbocycles. The molecular weight excluding hydrogens is 191 g/mol. The summed E-state index contributed by atoms with van der Waals surface area (Å²) in [5.41, 5.74) is 0.942.